The number of rotatable bonds is 6. The molecule has 0 atom stereocenters. The van der Waals surface area contributed by atoms with Crippen molar-refractivity contribution < 1.29 is 4.74 Å². The summed E-state index contributed by atoms with van der Waals surface area (Å²) >= 11 is 5.75. The van der Waals surface area contributed by atoms with Gasteiger partial charge in [0.05, 0.1) is 12.8 Å². The van der Waals surface area contributed by atoms with Gasteiger partial charge in [-0.15, -0.1) is 24.8 Å². The monoisotopic (exact) mass is 403 g/mol. The van der Waals surface area contributed by atoms with E-state index in [-0.39, 0.29) is 24.8 Å². The number of nitrogens with one attached hydrogen (secondary N) is 1. The summed E-state index contributed by atoms with van der Waals surface area (Å²) < 4.78 is 5.68. The largest absolute Gasteiger partial charge is 0.492 e. The number of benzene rings is 1. The summed E-state index contributed by atoms with van der Waals surface area (Å²) in [6.45, 7) is 6.12. The van der Waals surface area contributed by atoms with E-state index in [0.29, 0.717) is 11.8 Å². The van der Waals surface area contributed by atoms with E-state index in [4.69, 9.17) is 16.3 Å². The molecular formula is C18H24Cl3N3O. The maximum absolute atomic E-state index is 5.75. The van der Waals surface area contributed by atoms with Gasteiger partial charge in [0.1, 0.15) is 10.9 Å². The van der Waals surface area contributed by atoms with Crippen molar-refractivity contribution in [2.24, 2.45) is 0 Å². The minimum absolute atomic E-state index is 0. The Balaban J connectivity index is 0.00000156. The summed E-state index contributed by atoms with van der Waals surface area (Å²) in [6.07, 6.45) is 2.54. The van der Waals surface area contributed by atoms with Gasteiger partial charge in [-0.2, -0.15) is 0 Å². The van der Waals surface area contributed by atoms with E-state index < -0.39 is 0 Å². The fraction of sp³-hybridized carbons (Fsp3) is 0.389. The molecule has 1 aromatic carbocycles. The summed E-state index contributed by atoms with van der Waals surface area (Å²) in [7, 11) is 0. The number of ether oxygens (including phenoxy) is 1. The lowest BCUT2D eigenvalue weighted by Crippen LogP contribution is -2.42. The normalized spacial score (nSPS) is 14.3. The Morgan fingerprint density at radius 2 is 1.68 bits per heavy atom. The molecule has 0 radical (unpaired) electrons. The average molecular weight is 405 g/mol. The molecule has 7 heteroatoms. The van der Waals surface area contributed by atoms with Gasteiger partial charge < -0.3 is 10.1 Å². The highest BCUT2D eigenvalue weighted by molar-refractivity contribution is 6.29. The van der Waals surface area contributed by atoms with Crippen molar-refractivity contribution >= 4 is 36.4 Å². The van der Waals surface area contributed by atoms with Crippen LogP contribution >= 0.6 is 36.4 Å². The van der Waals surface area contributed by atoms with Crippen molar-refractivity contribution in [1.82, 2.24) is 15.2 Å². The molecule has 0 unspecified atom stereocenters. The van der Waals surface area contributed by atoms with Crippen molar-refractivity contribution in [2.45, 2.75) is 13.0 Å². The van der Waals surface area contributed by atoms with E-state index in [9.17, 15) is 0 Å². The second kappa shape index (κ2) is 11.6. The quantitative estimate of drug-likeness (QED) is 0.746. The topological polar surface area (TPSA) is 37.4 Å². The van der Waals surface area contributed by atoms with Gasteiger partial charge in [0, 0.05) is 39.1 Å². The Hall–Kier alpha value is -1.04. The molecule has 0 saturated carbocycles. The van der Waals surface area contributed by atoms with Crippen LogP contribution in [0.4, 0.5) is 0 Å². The van der Waals surface area contributed by atoms with E-state index >= 15 is 0 Å². The first-order chi connectivity index (χ1) is 11.3. The van der Waals surface area contributed by atoms with Gasteiger partial charge >= 0.3 is 0 Å². The predicted octanol–water partition coefficient (Wildman–Crippen LogP) is 3.61. The highest BCUT2D eigenvalue weighted by atomic mass is 35.5. The molecule has 138 valence electrons. The number of piperazine rings is 1. The molecule has 1 saturated heterocycles. The molecule has 25 heavy (non-hydrogen) atoms. The maximum Gasteiger partial charge on any atom is 0.137 e. The predicted molar refractivity (Wildman–Crippen MR) is 108 cm³/mol. The fourth-order valence-electron chi connectivity index (χ4n) is 2.67. The molecule has 2 heterocycles. The maximum atomic E-state index is 5.75. The van der Waals surface area contributed by atoms with Crippen LogP contribution in [0.15, 0.2) is 42.6 Å². The third kappa shape index (κ3) is 7.38. The second-order valence-electron chi connectivity index (χ2n) is 5.76. The lowest BCUT2D eigenvalue weighted by Gasteiger charge is -2.27. The van der Waals surface area contributed by atoms with Crippen LogP contribution in [0, 0.1) is 0 Å². The van der Waals surface area contributed by atoms with Crippen LogP contribution in [-0.2, 0) is 13.0 Å². The van der Waals surface area contributed by atoms with Crippen molar-refractivity contribution in [1.29, 1.82) is 0 Å². The van der Waals surface area contributed by atoms with Crippen LogP contribution in [-0.4, -0.2) is 42.7 Å². The Labute approximate surface area is 166 Å². The molecule has 4 nitrogen and oxygen atoms in total. The van der Waals surface area contributed by atoms with Crippen LogP contribution in [0.1, 0.15) is 11.1 Å². The zero-order chi connectivity index (χ0) is 15.9. The van der Waals surface area contributed by atoms with E-state index in [1.165, 1.54) is 11.1 Å². The van der Waals surface area contributed by atoms with Gasteiger partial charge in [-0.3, -0.25) is 4.90 Å². The number of hydrogen-bond acceptors (Lipinski definition) is 4. The fourth-order valence-corrected chi connectivity index (χ4v) is 2.78. The van der Waals surface area contributed by atoms with E-state index in [1.54, 1.807) is 12.3 Å². The molecule has 3 rings (SSSR count). The molecule has 1 aliphatic heterocycles. The van der Waals surface area contributed by atoms with E-state index in [0.717, 1.165) is 44.9 Å². The first-order valence-electron chi connectivity index (χ1n) is 8.05. The lowest BCUT2D eigenvalue weighted by molar-refractivity contribution is 0.233. The third-order valence-corrected chi connectivity index (χ3v) is 4.22. The number of halogens is 3. The zero-order valence-corrected chi connectivity index (χ0v) is 16.4. The molecule has 0 aliphatic carbocycles. The SMILES string of the molecule is Cl.Cl.Clc1ccc(OCCc2ccc(CN3CCNCC3)cc2)cn1. The third-order valence-electron chi connectivity index (χ3n) is 4.00. The Morgan fingerprint density at radius 3 is 2.32 bits per heavy atom. The van der Waals surface area contributed by atoms with Crippen molar-refractivity contribution in [3.05, 3.63) is 58.9 Å². The summed E-state index contributed by atoms with van der Waals surface area (Å²) in [5, 5.41) is 3.87. The minimum atomic E-state index is 0. The van der Waals surface area contributed by atoms with Crippen molar-refractivity contribution in [2.75, 3.05) is 32.8 Å². The first-order valence-corrected chi connectivity index (χ1v) is 8.43. The van der Waals surface area contributed by atoms with Crippen LogP contribution in [0.2, 0.25) is 5.15 Å². The molecule has 0 amide bonds. The Kier molecular flexibility index (Phi) is 10.2. The lowest BCUT2D eigenvalue weighted by atomic mass is 10.1. The smallest absolute Gasteiger partial charge is 0.137 e. The number of hydrogen-bond donors (Lipinski definition) is 1. The molecule has 1 aliphatic rings. The van der Waals surface area contributed by atoms with Crippen LogP contribution in [0.3, 0.4) is 0 Å². The second-order valence-corrected chi connectivity index (χ2v) is 6.14. The van der Waals surface area contributed by atoms with E-state index in [2.05, 4.69) is 39.5 Å². The summed E-state index contributed by atoms with van der Waals surface area (Å²) in [4.78, 5) is 6.49. The molecular weight excluding hydrogens is 381 g/mol. The number of aromatic nitrogens is 1. The molecule has 2 aromatic rings. The molecule has 1 N–H and O–H groups in total. The van der Waals surface area contributed by atoms with Gasteiger partial charge in [0.25, 0.3) is 0 Å². The molecule has 0 spiro atoms. The van der Waals surface area contributed by atoms with Gasteiger partial charge in [0.15, 0.2) is 0 Å². The van der Waals surface area contributed by atoms with Gasteiger partial charge in [0.2, 0.25) is 0 Å². The van der Waals surface area contributed by atoms with Crippen LogP contribution < -0.4 is 10.1 Å². The minimum Gasteiger partial charge on any atom is -0.492 e. The van der Waals surface area contributed by atoms with E-state index in [1.807, 2.05) is 6.07 Å². The first kappa shape index (κ1) is 22.0. The molecule has 1 aromatic heterocycles. The van der Waals surface area contributed by atoms with Gasteiger partial charge in [-0.1, -0.05) is 35.9 Å². The average Bonchev–Trinajstić information content (AvgIpc) is 2.59. The molecule has 1 fully saturated rings. The van der Waals surface area contributed by atoms with Crippen molar-refractivity contribution in [3.8, 4) is 5.75 Å². The summed E-state index contributed by atoms with van der Waals surface area (Å²) in [5.41, 5.74) is 2.66. The van der Waals surface area contributed by atoms with Gasteiger partial charge in [-0.25, -0.2) is 4.98 Å². The number of pyridine rings is 1. The standard InChI is InChI=1S/C18H22ClN3O.2ClH/c19-18-6-5-17(13-21-18)23-12-7-15-1-3-16(4-2-15)14-22-10-8-20-9-11-22;;/h1-6,13,20H,7-12,14H2;2*1H. The van der Waals surface area contributed by atoms with Crippen LogP contribution in [0.5, 0.6) is 5.75 Å². The Morgan fingerprint density at radius 1 is 1.00 bits per heavy atom. The Bertz CT molecular complexity index is 602. The summed E-state index contributed by atoms with van der Waals surface area (Å²) in [5.74, 6) is 0.754. The highest BCUT2D eigenvalue weighted by Crippen LogP contribution is 2.13. The summed E-state index contributed by atoms with van der Waals surface area (Å²) in [6, 6.07) is 12.4. The number of nitrogens with zero attached hydrogens (tertiary/aromatic N) is 2. The molecule has 0 bridgehead atoms. The van der Waals surface area contributed by atoms with Crippen LogP contribution in [0.25, 0.3) is 0 Å². The van der Waals surface area contributed by atoms with Gasteiger partial charge in [-0.05, 0) is 23.3 Å². The zero-order valence-electron chi connectivity index (χ0n) is 14.0. The van der Waals surface area contributed by atoms with Crippen molar-refractivity contribution in [3.63, 3.8) is 0 Å². The highest BCUT2D eigenvalue weighted by Gasteiger charge is 2.09.